The number of benzene rings is 1. The number of aromatic nitrogens is 2. The fourth-order valence-electron chi connectivity index (χ4n) is 1.79. The lowest BCUT2D eigenvalue weighted by Gasteiger charge is -2.09. The zero-order valence-electron chi connectivity index (χ0n) is 9.77. The number of hydrogen-bond donors (Lipinski definition) is 1. The molecule has 0 spiro atoms. The third-order valence-corrected chi connectivity index (χ3v) is 3.16. The van der Waals surface area contributed by atoms with Gasteiger partial charge in [-0.25, -0.2) is 4.98 Å². The number of aryl methyl sites for hydroxylation is 1. The Morgan fingerprint density at radius 2 is 2.24 bits per heavy atom. The Morgan fingerprint density at radius 3 is 2.88 bits per heavy atom. The molecule has 2 aromatic rings. The third kappa shape index (κ3) is 2.21. The highest BCUT2D eigenvalue weighted by Crippen LogP contribution is 2.33. The van der Waals surface area contributed by atoms with E-state index in [0.717, 1.165) is 27.2 Å². The molecule has 0 fully saturated rings. The van der Waals surface area contributed by atoms with Crippen molar-refractivity contribution >= 4 is 15.9 Å². The van der Waals surface area contributed by atoms with Crippen LogP contribution in [0.5, 0.6) is 5.75 Å². The average molecular weight is 296 g/mol. The lowest BCUT2D eigenvalue weighted by Crippen LogP contribution is -2.04. The zero-order chi connectivity index (χ0) is 12.4. The molecular formula is C12H14BrN3O. The van der Waals surface area contributed by atoms with Crippen molar-refractivity contribution in [2.75, 3.05) is 7.11 Å². The van der Waals surface area contributed by atoms with Crippen LogP contribution in [0.2, 0.25) is 0 Å². The van der Waals surface area contributed by atoms with Crippen LogP contribution in [0.15, 0.2) is 29.0 Å². The normalized spacial score (nSPS) is 10.6. The van der Waals surface area contributed by atoms with Crippen LogP contribution in [0.4, 0.5) is 0 Å². The summed E-state index contributed by atoms with van der Waals surface area (Å²) in [4.78, 5) is 4.39. The van der Waals surface area contributed by atoms with Crippen LogP contribution in [0.3, 0.4) is 0 Å². The minimum atomic E-state index is 0.446. The van der Waals surface area contributed by atoms with Crippen LogP contribution in [-0.4, -0.2) is 16.7 Å². The number of hydrogen-bond acceptors (Lipinski definition) is 3. The first-order valence-electron chi connectivity index (χ1n) is 5.21. The van der Waals surface area contributed by atoms with Crippen molar-refractivity contribution < 1.29 is 4.74 Å². The van der Waals surface area contributed by atoms with Crippen LogP contribution in [0.25, 0.3) is 11.3 Å². The van der Waals surface area contributed by atoms with Gasteiger partial charge in [-0.2, -0.15) is 0 Å². The van der Waals surface area contributed by atoms with Crippen LogP contribution >= 0.6 is 15.9 Å². The van der Waals surface area contributed by atoms with E-state index < -0.39 is 0 Å². The molecule has 1 heterocycles. The Labute approximate surface area is 109 Å². The number of imidazole rings is 1. The van der Waals surface area contributed by atoms with Gasteiger partial charge in [-0.15, -0.1) is 0 Å². The van der Waals surface area contributed by atoms with Crippen LogP contribution in [-0.2, 0) is 13.6 Å². The second-order valence-electron chi connectivity index (χ2n) is 3.70. The Hall–Kier alpha value is -1.33. The maximum atomic E-state index is 5.75. The summed E-state index contributed by atoms with van der Waals surface area (Å²) < 4.78 is 8.27. The molecule has 0 radical (unpaired) electrons. The van der Waals surface area contributed by atoms with Gasteiger partial charge in [0.15, 0.2) is 0 Å². The number of halogens is 1. The number of nitrogens with two attached hydrogens (primary N) is 1. The van der Waals surface area contributed by atoms with Gasteiger partial charge in [0.1, 0.15) is 5.75 Å². The SMILES string of the molecule is COc1ccc(Br)cc1-c1ncn(C)c1CN. The van der Waals surface area contributed by atoms with E-state index >= 15 is 0 Å². The van der Waals surface area contributed by atoms with Gasteiger partial charge in [-0.1, -0.05) is 15.9 Å². The number of rotatable bonds is 3. The van der Waals surface area contributed by atoms with E-state index in [0.29, 0.717) is 6.54 Å². The molecule has 0 saturated heterocycles. The summed E-state index contributed by atoms with van der Waals surface area (Å²) in [5.74, 6) is 0.793. The lowest BCUT2D eigenvalue weighted by atomic mass is 10.1. The molecule has 17 heavy (non-hydrogen) atoms. The molecule has 5 heteroatoms. The van der Waals surface area contributed by atoms with Crippen molar-refractivity contribution in [3.63, 3.8) is 0 Å². The highest BCUT2D eigenvalue weighted by molar-refractivity contribution is 9.10. The highest BCUT2D eigenvalue weighted by Gasteiger charge is 2.14. The summed E-state index contributed by atoms with van der Waals surface area (Å²) in [6, 6.07) is 5.84. The molecule has 0 aliphatic carbocycles. The van der Waals surface area contributed by atoms with Gasteiger partial charge in [0.2, 0.25) is 0 Å². The first-order chi connectivity index (χ1) is 8.17. The monoisotopic (exact) mass is 295 g/mol. The second-order valence-corrected chi connectivity index (χ2v) is 4.62. The summed E-state index contributed by atoms with van der Waals surface area (Å²) in [7, 11) is 3.58. The van der Waals surface area contributed by atoms with Crippen molar-refractivity contribution in [3.8, 4) is 17.0 Å². The van der Waals surface area contributed by atoms with Crippen LogP contribution in [0.1, 0.15) is 5.69 Å². The van der Waals surface area contributed by atoms with Crippen molar-refractivity contribution in [1.82, 2.24) is 9.55 Å². The Bertz CT molecular complexity index is 537. The Balaban J connectivity index is 2.62. The largest absolute Gasteiger partial charge is 0.496 e. The quantitative estimate of drug-likeness (QED) is 0.945. The molecule has 0 atom stereocenters. The first kappa shape index (κ1) is 12.1. The Morgan fingerprint density at radius 1 is 1.47 bits per heavy atom. The van der Waals surface area contributed by atoms with Crippen molar-refractivity contribution in [3.05, 3.63) is 34.7 Å². The minimum Gasteiger partial charge on any atom is -0.496 e. The maximum absolute atomic E-state index is 5.75. The molecule has 0 unspecified atom stereocenters. The highest BCUT2D eigenvalue weighted by atomic mass is 79.9. The third-order valence-electron chi connectivity index (χ3n) is 2.67. The summed E-state index contributed by atoms with van der Waals surface area (Å²) in [5, 5.41) is 0. The first-order valence-corrected chi connectivity index (χ1v) is 6.01. The predicted molar refractivity (Wildman–Crippen MR) is 70.8 cm³/mol. The van der Waals surface area contributed by atoms with Gasteiger partial charge in [-0.3, -0.25) is 0 Å². The van der Waals surface area contributed by atoms with Gasteiger partial charge in [-0.05, 0) is 18.2 Å². The van der Waals surface area contributed by atoms with E-state index in [1.165, 1.54) is 0 Å². The molecule has 0 amide bonds. The molecule has 2 N–H and O–H groups in total. The molecule has 0 bridgehead atoms. The molecule has 4 nitrogen and oxygen atoms in total. The fourth-order valence-corrected chi connectivity index (χ4v) is 2.15. The second kappa shape index (κ2) is 4.89. The van der Waals surface area contributed by atoms with E-state index in [1.54, 1.807) is 13.4 Å². The summed E-state index contributed by atoms with van der Waals surface area (Å²) in [6.45, 7) is 0.446. The fraction of sp³-hybridized carbons (Fsp3) is 0.250. The average Bonchev–Trinajstić information content (AvgIpc) is 2.70. The molecule has 1 aromatic carbocycles. The summed E-state index contributed by atoms with van der Waals surface area (Å²) >= 11 is 3.45. The van der Waals surface area contributed by atoms with E-state index in [9.17, 15) is 0 Å². The predicted octanol–water partition coefficient (Wildman–Crippen LogP) is 2.32. The standard InChI is InChI=1S/C12H14BrN3O/c1-16-7-15-12(10(16)6-14)9-5-8(13)3-4-11(9)17-2/h3-5,7H,6,14H2,1-2H3. The van der Waals surface area contributed by atoms with E-state index in [2.05, 4.69) is 20.9 Å². The lowest BCUT2D eigenvalue weighted by molar-refractivity contribution is 0.416. The van der Waals surface area contributed by atoms with Gasteiger partial charge in [0.05, 0.1) is 24.8 Å². The van der Waals surface area contributed by atoms with Crippen molar-refractivity contribution in [2.24, 2.45) is 12.8 Å². The van der Waals surface area contributed by atoms with Gasteiger partial charge in [0, 0.05) is 23.6 Å². The maximum Gasteiger partial charge on any atom is 0.128 e. The van der Waals surface area contributed by atoms with Gasteiger partial charge < -0.3 is 15.0 Å². The molecule has 90 valence electrons. The van der Waals surface area contributed by atoms with E-state index in [-0.39, 0.29) is 0 Å². The molecule has 0 saturated carbocycles. The van der Waals surface area contributed by atoms with E-state index in [4.69, 9.17) is 10.5 Å². The number of ether oxygens (including phenoxy) is 1. The smallest absolute Gasteiger partial charge is 0.128 e. The topological polar surface area (TPSA) is 53.1 Å². The zero-order valence-corrected chi connectivity index (χ0v) is 11.4. The van der Waals surface area contributed by atoms with Gasteiger partial charge in [0.25, 0.3) is 0 Å². The van der Waals surface area contributed by atoms with Crippen LogP contribution in [0, 0.1) is 0 Å². The van der Waals surface area contributed by atoms with E-state index in [1.807, 2.05) is 29.8 Å². The van der Waals surface area contributed by atoms with Crippen LogP contribution < -0.4 is 10.5 Å². The molecule has 1 aromatic heterocycles. The number of methoxy groups -OCH3 is 1. The minimum absolute atomic E-state index is 0.446. The van der Waals surface area contributed by atoms with Crippen molar-refractivity contribution in [2.45, 2.75) is 6.54 Å². The number of nitrogens with zero attached hydrogens (tertiary/aromatic N) is 2. The molecule has 2 rings (SSSR count). The molecular weight excluding hydrogens is 282 g/mol. The Kier molecular flexibility index (Phi) is 3.49. The van der Waals surface area contributed by atoms with Crippen molar-refractivity contribution in [1.29, 1.82) is 0 Å². The summed E-state index contributed by atoms with van der Waals surface area (Å²) in [6.07, 6.45) is 1.76. The molecule has 0 aliphatic heterocycles. The molecule has 0 aliphatic rings. The summed E-state index contributed by atoms with van der Waals surface area (Å²) in [5.41, 5.74) is 8.55. The van der Waals surface area contributed by atoms with Gasteiger partial charge >= 0.3 is 0 Å².